The summed E-state index contributed by atoms with van der Waals surface area (Å²) in [6.07, 6.45) is 1.66. The number of hydrogen-bond donors (Lipinski definition) is 2. The van der Waals surface area contributed by atoms with E-state index in [1.807, 2.05) is 0 Å². The molecule has 2 rings (SSSR count). The zero-order valence-electron chi connectivity index (χ0n) is 10.0. The summed E-state index contributed by atoms with van der Waals surface area (Å²) in [5, 5.41) is 3.01. The van der Waals surface area contributed by atoms with E-state index in [2.05, 4.69) is 15.1 Å². The van der Waals surface area contributed by atoms with Crippen molar-refractivity contribution in [2.24, 2.45) is 5.73 Å². The van der Waals surface area contributed by atoms with E-state index in [1.54, 1.807) is 0 Å². The molecule has 0 spiro atoms. The smallest absolute Gasteiger partial charge is 0.220 e. The predicted molar refractivity (Wildman–Crippen MR) is 70.8 cm³/mol. The second-order valence-corrected chi connectivity index (χ2v) is 5.37. The normalized spacial score (nSPS) is 27.1. The minimum atomic E-state index is 0.196. The van der Waals surface area contributed by atoms with Gasteiger partial charge in [0, 0.05) is 51.7 Å². The number of nitrogens with zero attached hydrogens (tertiary/aromatic N) is 2. The Labute approximate surface area is 107 Å². The Hall–Kier alpha value is -0.720. The van der Waals surface area contributed by atoms with Crippen LogP contribution >= 0.6 is 12.2 Å². The van der Waals surface area contributed by atoms with Gasteiger partial charge in [-0.05, 0) is 6.42 Å². The molecule has 6 heteroatoms. The van der Waals surface area contributed by atoms with E-state index in [0.29, 0.717) is 17.5 Å². The van der Waals surface area contributed by atoms with Crippen LogP contribution in [-0.2, 0) is 4.79 Å². The van der Waals surface area contributed by atoms with Gasteiger partial charge in [-0.25, -0.2) is 0 Å². The van der Waals surface area contributed by atoms with Crippen LogP contribution in [0.5, 0.6) is 0 Å². The van der Waals surface area contributed by atoms with Crippen LogP contribution < -0.4 is 11.1 Å². The van der Waals surface area contributed by atoms with Crippen molar-refractivity contribution >= 4 is 23.1 Å². The molecule has 2 aliphatic rings. The molecule has 0 aromatic rings. The van der Waals surface area contributed by atoms with E-state index in [-0.39, 0.29) is 5.91 Å². The number of amides is 1. The number of rotatable bonds is 4. The van der Waals surface area contributed by atoms with Crippen molar-refractivity contribution in [1.82, 2.24) is 15.1 Å². The first kappa shape index (κ1) is 12.7. The average molecular weight is 256 g/mol. The maximum Gasteiger partial charge on any atom is 0.220 e. The van der Waals surface area contributed by atoms with Gasteiger partial charge in [-0.3, -0.25) is 14.6 Å². The third-order valence-electron chi connectivity index (χ3n) is 3.41. The molecule has 2 fully saturated rings. The lowest BCUT2D eigenvalue weighted by molar-refractivity contribution is -0.119. The first-order valence-electron chi connectivity index (χ1n) is 6.16. The van der Waals surface area contributed by atoms with Crippen molar-refractivity contribution in [3.05, 3.63) is 0 Å². The molecule has 5 nitrogen and oxygen atoms in total. The van der Waals surface area contributed by atoms with Crippen molar-refractivity contribution in [1.29, 1.82) is 0 Å². The summed E-state index contributed by atoms with van der Waals surface area (Å²) in [5.41, 5.74) is 5.53. The molecular weight excluding hydrogens is 236 g/mol. The molecular formula is C11H20N4OS. The minimum absolute atomic E-state index is 0.196. The van der Waals surface area contributed by atoms with E-state index in [9.17, 15) is 4.79 Å². The Kier molecular flexibility index (Phi) is 4.31. The lowest BCUT2D eigenvalue weighted by atomic mass is 10.2. The number of thiocarbonyl (C=S) groups is 1. The molecule has 0 aromatic heterocycles. The summed E-state index contributed by atoms with van der Waals surface area (Å²) in [7, 11) is 0. The molecule has 0 bridgehead atoms. The van der Waals surface area contributed by atoms with Crippen molar-refractivity contribution in [2.45, 2.75) is 18.9 Å². The Morgan fingerprint density at radius 3 is 2.53 bits per heavy atom. The van der Waals surface area contributed by atoms with Crippen LogP contribution in [0.1, 0.15) is 12.8 Å². The molecule has 2 saturated heterocycles. The van der Waals surface area contributed by atoms with Gasteiger partial charge in [-0.15, -0.1) is 0 Å². The lowest BCUT2D eigenvalue weighted by Gasteiger charge is -2.35. The maximum atomic E-state index is 11.1. The second-order valence-electron chi connectivity index (χ2n) is 4.85. The molecule has 3 N–H and O–H groups in total. The molecule has 0 aromatic carbocycles. The van der Waals surface area contributed by atoms with Crippen molar-refractivity contribution in [3.63, 3.8) is 0 Å². The van der Waals surface area contributed by atoms with Gasteiger partial charge < -0.3 is 11.1 Å². The van der Waals surface area contributed by atoms with Gasteiger partial charge in [0.15, 0.2) is 0 Å². The van der Waals surface area contributed by atoms with Crippen LogP contribution in [0.3, 0.4) is 0 Å². The highest BCUT2D eigenvalue weighted by Gasteiger charge is 2.25. The average Bonchev–Trinajstić information content (AvgIpc) is 2.66. The van der Waals surface area contributed by atoms with Crippen LogP contribution in [0.25, 0.3) is 0 Å². The highest BCUT2D eigenvalue weighted by molar-refractivity contribution is 7.80. The summed E-state index contributed by atoms with van der Waals surface area (Å²) in [6, 6.07) is 0.352. The molecule has 1 amide bonds. The van der Waals surface area contributed by atoms with Gasteiger partial charge in [0.1, 0.15) is 0 Å². The molecule has 2 heterocycles. The van der Waals surface area contributed by atoms with Gasteiger partial charge in [0.25, 0.3) is 0 Å². The Morgan fingerprint density at radius 1 is 1.35 bits per heavy atom. The molecule has 0 aliphatic carbocycles. The summed E-state index contributed by atoms with van der Waals surface area (Å²) >= 11 is 4.91. The molecule has 0 saturated carbocycles. The Morgan fingerprint density at radius 2 is 2.00 bits per heavy atom. The van der Waals surface area contributed by atoms with Crippen molar-refractivity contribution in [2.75, 3.05) is 39.3 Å². The van der Waals surface area contributed by atoms with Gasteiger partial charge >= 0.3 is 0 Å². The van der Waals surface area contributed by atoms with E-state index in [1.165, 1.54) is 0 Å². The summed E-state index contributed by atoms with van der Waals surface area (Å²) in [6.45, 7) is 5.80. The molecule has 96 valence electrons. The first-order valence-corrected chi connectivity index (χ1v) is 6.56. The molecule has 1 unspecified atom stereocenters. The largest absolute Gasteiger partial charge is 0.392 e. The number of carbonyl (C=O) groups is 1. The summed E-state index contributed by atoms with van der Waals surface area (Å²) in [5.74, 6) is 0.196. The molecule has 0 radical (unpaired) electrons. The molecule has 17 heavy (non-hydrogen) atoms. The third kappa shape index (κ3) is 3.90. The SMILES string of the molecule is NC(=S)CN1CCN(CC2CCC(=O)N2)CC1. The summed E-state index contributed by atoms with van der Waals surface area (Å²) in [4.78, 5) is 16.4. The van der Waals surface area contributed by atoms with Crippen molar-refractivity contribution in [3.8, 4) is 0 Å². The van der Waals surface area contributed by atoms with Gasteiger partial charge in [0.2, 0.25) is 5.91 Å². The topological polar surface area (TPSA) is 61.6 Å². The fourth-order valence-corrected chi connectivity index (χ4v) is 2.66. The number of carbonyl (C=O) groups excluding carboxylic acids is 1. The van der Waals surface area contributed by atoms with Crippen molar-refractivity contribution < 1.29 is 4.79 Å². The zero-order valence-corrected chi connectivity index (χ0v) is 10.8. The van der Waals surface area contributed by atoms with Crippen LogP contribution in [0.2, 0.25) is 0 Å². The van der Waals surface area contributed by atoms with Gasteiger partial charge in [-0.1, -0.05) is 12.2 Å². The van der Waals surface area contributed by atoms with Crippen LogP contribution in [0, 0.1) is 0 Å². The number of hydrogen-bond acceptors (Lipinski definition) is 4. The van der Waals surface area contributed by atoms with Crippen LogP contribution in [0.15, 0.2) is 0 Å². The number of nitrogens with one attached hydrogen (secondary N) is 1. The number of piperazine rings is 1. The fourth-order valence-electron chi connectivity index (χ4n) is 2.48. The van der Waals surface area contributed by atoms with Gasteiger partial charge in [-0.2, -0.15) is 0 Å². The van der Waals surface area contributed by atoms with E-state index in [0.717, 1.165) is 45.7 Å². The first-order chi connectivity index (χ1) is 8.13. The molecule has 2 aliphatic heterocycles. The minimum Gasteiger partial charge on any atom is -0.392 e. The Bertz CT molecular complexity index is 302. The number of nitrogens with two attached hydrogens (primary N) is 1. The van der Waals surface area contributed by atoms with Crippen LogP contribution in [0.4, 0.5) is 0 Å². The standard InChI is InChI=1S/C11H20N4OS/c12-10(17)8-15-5-3-14(4-6-15)7-9-1-2-11(16)13-9/h9H,1-8H2,(H2,12,17)(H,13,16). The third-order valence-corrected chi connectivity index (χ3v) is 3.54. The monoisotopic (exact) mass is 256 g/mol. The fraction of sp³-hybridized carbons (Fsp3) is 0.818. The molecule has 1 atom stereocenters. The van der Waals surface area contributed by atoms with E-state index in [4.69, 9.17) is 18.0 Å². The zero-order chi connectivity index (χ0) is 12.3. The maximum absolute atomic E-state index is 11.1. The second kappa shape index (κ2) is 5.75. The van der Waals surface area contributed by atoms with Gasteiger partial charge in [0.05, 0.1) is 4.99 Å². The lowest BCUT2D eigenvalue weighted by Crippen LogP contribution is -2.51. The van der Waals surface area contributed by atoms with E-state index >= 15 is 0 Å². The summed E-state index contributed by atoms with van der Waals surface area (Å²) < 4.78 is 0. The quantitative estimate of drug-likeness (QED) is 0.643. The Balaban J connectivity index is 1.68. The van der Waals surface area contributed by atoms with E-state index < -0.39 is 0 Å². The highest BCUT2D eigenvalue weighted by atomic mass is 32.1. The van der Waals surface area contributed by atoms with Crippen LogP contribution in [-0.4, -0.2) is 66.0 Å². The predicted octanol–water partition coefficient (Wildman–Crippen LogP) is -0.831. The highest BCUT2D eigenvalue weighted by Crippen LogP contribution is 2.10.